The molecule has 11 atom stereocenters. The number of fused-ring (bicyclic) bond motifs is 5. The highest BCUT2D eigenvalue weighted by atomic mass is 16.5. The molecule has 4 aliphatic rings. The Hall–Kier alpha value is -1.30. The molecule has 180 valence electrons. The monoisotopic (exact) mass is 447 g/mol. The van der Waals surface area contributed by atoms with E-state index in [1.54, 1.807) is 0 Å². The van der Waals surface area contributed by atoms with Gasteiger partial charge in [0.25, 0.3) is 0 Å². The average Bonchev–Trinajstić information content (AvgIpc) is 3.12. The molecule has 0 bridgehead atoms. The van der Waals surface area contributed by atoms with Crippen LogP contribution in [-0.4, -0.2) is 41.5 Å². The van der Waals surface area contributed by atoms with Crippen molar-refractivity contribution in [2.75, 3.05) is 7.11 Å². The lowest BCUT2D eigenvalue weighted by Crippen LogP contribution is -2.62. The first-order valence-electron chi connectivity index (χ1n) is 12.6. The molecule has 4 aliphatic carbocycles. The number of rotatable bonds is 5. The van der Waals surface area contributed by atoms with Gasteiger partial charge in [-0.25, -0.2) is 0 Å². The molecular weight excluding hydrogens is 406 g/mol. The number of ether oxygens (including phenoxy) is 1. The molecule has 0 aromatic heterocycles. The Morgan fingerprint density at radius 3 is 2.62 bits per heavy atom. The van der Waals surface area contributed by atoms with Gasteiger partial charge >= 0.3 is 5.97 Å². The van der Waals surface area contributed by atoms with Crippen LogP contribution >= 0.6 is 0 Å². The number of carbonyl (C=O) groups is 1. The average molecular weight is 448 g/mol. The molecule has 2 N–H and O–H groups in total. The van der Waals surface area contributed by atoms with E-state index in [1.807, 2.05) is 0 Å². The van der Waals surface area contributed by atoms with Crippen molar-refractivity contribution < 1.29 is 19.7 Å². The molecule has 32 heavy (non-hydrogen) atoms. The standard InChI is InChI=1S/C25H41N3O4/c1-14(5-8-22(31)32-4)17-6-7-18-23-19(13-21(30)25(17,18)3)24(2)10-9-16(27-28-26)11-15(24)12-20(23)29/h14-21,23,29-30H,5-13H2,1-4H3/t14?,15-,16+,17?,18?,19?,20-,21?,23+,24?,25?/m0/s1. The van der Waals surface area contributed by atoms with Crippen LogP contribution in [0.3, 0.4) is 0 Å². The maximum atomic E-state index is 11.7. The van der Waals surface area contributed by atoms with Gasteiger partial charge in [0, 0.05) is 17.4 Å². The van der Waals surface area contributed by atoms with E-state index < -0.39 is 0 Å². The highest BCUT2D eigenvalue weighted by Gasteiger charge is 2.65. The largest absolute Gasteiger partial charge is 0.469 e. The van der Waals surface area contributed by atoms with E-state index in [0.717, 1.165) is 51.4 Å². The summed E-state index contributed by atoms with van der Waals surface area (Å²) >= 11 is 0. The summed E-state index contributed by atoms with van der Waals surface area (Å²) in [5, 5.41) is 27.0. The third-order valence-corrected chi connectivity index (χ3v) is 10.8. The van der Waals surface area contributed by atoms with Crippen LogP contribution in [-0.2, 0) is 9.53 Å². The van der Waals surface area contributed by atoms with E-state index in [2.05, 4.69) is 30.8 Å². The second-order valence-electron chi connectivity index (χ2n) is 11.8. The van der Waals surface area contributed by atoms with Crippen molar-refractivity contribution in [3.05, 3.63) is 10.4 Å². The van der Waals surface area contributed by atoms with Crippen LogP contribution in [0.15, 0.2) is 5.11 Å². The number of esters is 1. The smallest absolute Gasteiger partial charge is 0.305 e. The number of azide groups is 1. The number of hydrogen-bond acceptors (Lipinski definition) is 5. The number of carbonyl (C=O) groups excluding carboxylic acids is 1. The predicted molar refractivity (Wildman–Crippen MR) is 121 cm³/mol. The maximum absolute atomic E-state index is 11.7. The number of hydrogen-bond donors (Lipinski definition) is 2. The van der Waals surface area contributed by atoms with Gasteiger partial charge in [-0.1, -0.05) is 25.9 Å². The molecule has 0 aromatic carbocycles. The van der Waals surface area contributed by atoms with Crippen molar-refractivity contribution in [3.8, 4) is 0 Å². The van der Waals surface area contributed by atoms with Crippen molar-refractivity contribution in [2.24, 2.45) is 51.5 Å². The third kappa shape index (κ3) is 3.65. The fraction of sp³-hybridized carbons (Fsp3) is 0.960. The Labute approximate surface area is 191 Å². The maximum Gasteiger partial charge on any atom is 0.305 e. The molecule has 4 saturated carbocycles. The summed E-state index contributed by atoms with van der Waals surface area (Å²) in [6.07, 6.45) is 6.83. The normalized spacial score (nSPS) is 48.6. The molecule has 0 saturated heterocycles. The molecule has 4 rings (SSSR count). The lowest BCUT2D eigenvalue weighted by Gasteiger charge is -2.63. The Kier molecular flexibility index (Phi) is 6.56. The van der Waals surface area contributed by atoms with E-state index in [4.69, 9.17) is 10.3 Å². The van der Waals surface area contributed by atoms with Crippen LogP contribution in [0.5, 0.6) is 0 Å². The Bertz CT molecular complexity index is 770. The highest BCUT2D eigenvalue weighted by molar-refractivity contribution is 5.69. The molecule has 7 nitrogen and oxygen atoms in total. The molecule has 0 spiro atoms. The van der Waals surface area contributed by atoms with Crippen molar-refractivity contribution in [2.45, 2.75) is 96.8 Å². The molecule has 0 radical (unpaired) electrons. The molecule has 4 fully saturated rings. The van der Waals surface area contributed by atoms with Crippen molar-refractivity contribution in [1.29, 1.82) is 0 Å². The van der Waals surface area contributed by atoms with Crippen molar-refractivity contribution >= 4 is 5.97 Å². The van der Waals surface area contributed by atoms with Gasteiger partial charge < -0.3 is 14.9 Å². The van der Waals surface area contributed by atoms with E-state index in [1.165, 1.54) is 7.11 Å². The molecule has 0 aliphatic heterocycles. The van der Waals surface area contributed by atoms with E-state index in [0.29, 0.717) is 36.0 Å². The lowest BCUT2D eigenvalue weighted by molar-refractivity contribution is -0.202. The van der Waals surface area contributed by atoms with Gasteiger partial charge in [-0.05, 0) is 103 Å². The first-order valence-corrected chi connectivity index (χ1v) is 12.6. The molecule has 0 heterocycles. The van der Waals surface area contributed by atoms with Gasteiger partial charge in [-0.3, -0.25) is 4.79 Å². The zero-order valence-electron chi connectivity index (χ0n) is 20.1. The molecule has 0 aromatic rings. The van der Waals surface area contributed by atoms with Crippen LogP contribution in [0.2, 0.25) is 0 Å². The summed E-state index contributed by atoms with van der Waals surface area (Å²) < 4.78 is 4.84. The molecule has 7 heteroatoms. The summed E-state index contributed by atoms with van der Waals surface area (Å²) in [4.78, 5) is 14.7. The summed E-state index contributed by atoms with van der Waals surface area (Å²) in [7, 11) is 1.43. The highest BCUT2D eigenvalue weighted by Crippen LogP contribution is 2.68. The number of aliphatic hydroxyl groups is 2. The third-order valence-electron chi connectivity index (χ3n) is 10.8. The minimum atomic E-state index is -0.389. The summed E-state index contributed by atoms with van der Waals surface area (Å²) in [6, 6.07) is 0.0344. The SMILES string of the molecule is COC(=O)CCC(C)C1CCC2[C@@H]3C(CC(O)C12C)C1(C)CC[C@@H](N=[N+]=[N-])C[C@H]1C[C@@H]3O. The molecule has 0 amide bonds. The van der Waals surface area contributed by atoms with E-state index >= 15 is 0 Å². The first-order chi connectivity index (χ1) is 15.2. The van der Waals surface area contributed by atoms with Gasteiger partial charge in [-0.15, -0.1) is 0 Å². The first kappa shape index (κ1) is 23.8. The van der Waals surface area contributed by atoms with Crippen LogP contribution in [0.4, 0.5) is 0 Å². The van der Waals surface area contributed by atoms with E-state index in [9.17, 15) is 15.0 Å². The van der Waals surface area contributed by atoms with Crippen molar-refractivity contribution in [1.82, 2.24) is 0 Å². The van der Waals surface area contributed by atoms with Gasteiger partial charge in [-0.2, -0.15) is 0 Å². The second kappa shape index (κ2) is 8.81. The Morgan fingerprint density at radius 2 is 1.94 bits per heavy atom. The molecule has 7 unspecified atom stereocenters. The van der Waals surface area contributed by atoms with Crippen molar-refractivity contribution in [3.63, 3.8) is 0 Å². The summed E-state index contributed by atoms with van der Waals surface area (Å²) in [5.41, 5.74) is 8.75. The number of nitrogens with zero attached hydrogens (tertiary/aromatic N) is 3. The van der Waals surface area contributed by atoms with Gasteiger partial charge in [0.15, 0.2) is 0 Å². The summed E-state index contributed by atoms with van der Waals surface area (Å²) in [6.45, 7) is 6.84. The number of aliphatic hydroxyl groups excluding tert-OH is 2. The predicted octanol–water partition coefficient (Wildman–Crippen LogP) is 4.86. The Balaban J connectivity index is 1.57. The van der Waals surface area contributed by atoms with Gasteiger partial charge in [0.1, 0.15) is 0 Å². The van der Waals surface area contributed by atoms with Crippen LogP contribution < -0.4 is 0 Å². The van der Waals surface area contributed by atoms with Gasteiger partial charge in [0.2, 0.25) is 0 Å². The van der Waals surface area contributed by atoms with Gasteiger partial charge in [0.05, 0.1) is 19.3 Å². The summed E-state index contributed by atoms with van der Waals surface area (Å²) in [5.74, 6) is 1.70. The fourth-order valence-electron chi connectivity index (χ4n) is 8.96. The second-order valence-corrected chi connectivity index (χ2v) is 11.8. The van der Waals surface area contributed by atoms with Crippen LogP contribution in [0.25, 0.3) is 10.4 Å². The quantitative estimate of drug-likeness (QED) is 0.271. The fourth-order valence-corrected chi connectivity index (χ4v) is 8.96. The minimum Gasteiger partial charge on any atom is -0.469 e. The molecular formula is C25H41N3O4. The topological polar surface area (TPSA) is 116 Å². The Morgan fingerprint density at radius 1 is 1.19 bits per heavy atom. The van der Waals surface area contributed by atoms with Crippen LogP contribution in [0, 0.1) is 46.3 Å². The zero-order valence-corrected chi connectivity index (χ0v) is 20.1. The number of methoxy groups -OCH3 is 1. The zero-order chi connectivity index (χ0) is 23.3. The van der Waals surface area contributed by atoms with Crippen LogP contribution in [0.1, 0.15) is 78.6 Å². The lowest BCUT2D eigenvalue weighted by atomic mass is 9.43. The van der Waals surface area contributed by atoms with E-state index in [-0.39, 0.29) is 41.0 Å². The minimum absolute atomic E-state index is 0.0344.